The maximum atomic E-state index is 12.2. The summed E-state index contributed by atoms with van der Waals surface area (Å²) >= 11 is 3.08. The van der Waals surface area contributed by atoms with Gasteiger partial charge in [-0.3, -0.25) is 29.0 Å². The fourth-order valence-corrected chi connectivity index (χ4v) is 3.17. The number of rotatable bonds is 8. The van der Waals surface area contributed by atoms with Gasteiger partial charge in [0, 0.05) is 13.1 Å². The zero-order valence-electron chi connectivity index (χ0n) is 13.9. The molecular weight excluding hydrogens is 352 g/mol. The number of carbonyl (C=O) groups excluding carboxylic acids is 4. The maximum absolute atomic E-state index is 12.2. The molecule has 0 saturated carbocycles. The Morgan fingerprint density at radius 3 is 1.54 bits per heavy atom. The molecule has 0 aromatic rings. The van der Waals surface area contributed by atoms with Gasteiger partial charge in [0.25, 0.3) is 0 Å². The summed E-state index contributed by atoms with van der Waals surface area (Å²) in [5, 5.41) is 0. The van der Waals surface area contributed by atoms with Crippen molar-refractivity contribution in [3.8, 4) is 0 Å². The zero-order valence-corrected chi connectivity index (χ0v) is 15.5. The van der Waals surface area contributed by atoms with Crippen molar-refractivity contribution in [1.82, 2.24) is 9.80 Å². The van der Waals surface area contributed by atoms with E-state index in [9.17, 15) is 19.2 Å². The molecule has 4 N–H and O–H groups in total. The van der Waals surface area contributed by atoms with Crippen LogP contribution in [0.5, 0.6) is 0 Å². The van der Waals surface area contributed by atoms with Gasteiger partial charge in [0.2, 0.25) is 11.8 Å². The average molecular weight is 377 g/mol. The summed E-state index contributed by atoms with van der Waals surface area (Å²) in [5.74, 6) is -1.84. The normalized spacial score (nSPS) is 17.8. The van der Waals surface area contributed by atoms with Crippen molar-refractivity contribution in [2.75, 3.05) is 37.1 Å². The summed E-state index contributed by atoms with van der Waals surface area (Å²) in [6.45, 7) is -0.0886. The molecule has 0 aromatic carbocycles. The molecule has 0 spiro atoms. The van der Waals surface area contributed by atoms with Gasteiger partial charge in [-0.05, 0) is 36.9 Å². The number of carbonyl (C=O) groups is 4. The predicted molar refractivity (Wildman–Crippen MR) is 95.4 cm³/mol. The van der Waals surface area contributed by atoms with E-state index in [0.29, 0.717) is 24.3 Å². The van der Waals surface area contributed by atoms with E-state index in [1.807, 2.05) is 12.5 Å². The number of hydrogen-bond acceptors (Lipinski definition) is 8. The molecule has 1 fully saturated rings. The smallest absolute Gasteiger partial charge is 0.319 e. The molecule has 2 unspecified atom stereocenters. The van der Waals surface area contributed by atoms with E-state index in [4.69, 9.17) is 11.5 Å². The topological polar surface area (TPSA) is 127 Å². The van der Waals surface area contributed by atoms with Crippen molar-refractivity contribution >= 4 is 47.2 Å². The van der Waals surface area contributed by atoms with E-state index in [0.717, 1.165) is 9.80 Å². The lowest BCUT2D eigenvalue weighted by Crippen LogP contribution is -2.62. The number of piperazine rings is 1. The first-order valence-corrected chi connectivity index (χ1v) is 10.3. The molecule has 2 atom stereocenters. The van der Waals surface area contributed by atoms with Crippen LogP contribution in [-0.4, -0.2) is 82.6 Å². The highest BCUT2D eigenvalue weighted by atomic mass is 32.2. The van der Waals surface area contributed by atoms with Crippen molar-refractivity contribution in [2.45, 2.75) is 24.9 Å². The Kier molecular flexibility index (Phi) is 8.74. The molecular formula is C14H24N4O4S2. The van der Waals surface area contributed by atoms with Crippen molar-refractivity contribution < 1.29 is 19.2 Å². The largest absolute Gasteiger partial charge is 0.320 e. The summed E-state index contributed by atoms with van der Waals surface area (Å²) in [4.78, 5) is 50.4. The van der Waals surface area contributed by atoms with Crippen LogP contribution in [0.4, 0.5) is 0 Å². The van der Waals surface area contributed by atoms with Gasteiger partial charge in [-0.15, -0.1) is 0 Å². The third-order valence-electron chi connectivity index (χ3n) is 3.65. The Morgan fingerprint density at radius 2 is 1.25 bits per heavy atom. The minimum Gasteiger partial charge on any atom is -0.320 e. The fourth-order valence-electron chi connectivity index (χ4n) is 2.19. The highest BCUT2D eigenvalue weighted by molar-refractivity contribution is 7.98. The number of imide groups is 2. The van der Waals surface area contributed by atoms with Crippen LogP contribution < -0.4 is 11.5 Å². The van der Waals surface area contributed by atoms with Gasteiger partial charge in [0.1, 0.15) is 0 Å². The Hall–Kier alpha value is -1.10. The molecule has 8 nitrogen and oxygen atoms in total. The predicted octanol–water partition coefficient (Wildman–Crippen LogP) is -1.13. The van der Waals surface area contributed by atoms with E-state index in [1.165, 1.54) is 23.5 Å². The molecule has 1 saturated heterocycles. The number of hydrogen-bond donors (Lipinski definition) is 2. The Balaban J connectivity index is 2.70. The van der Waals surface area contributed by atoms with Gasteiger partial charge in [0.15, 0.2) is 0 Å². The van der Waals surface area contributed by atoms with Gasteiger partial charge in [-0.1, -0.05) is 0 Å². The van der Waals surface area contributed by atoms with Crippen LogP contribution in [0.2, 0.25) is 0 Å². The van der Waals surface area contributed by atoms with Crippen molar-refractivity contribution in [3.05, 3.63) is 0 Å². The van der Waals surface area contributed by atoms with Crippen LogP contribution in [0.3, 0.4) is 0 Å². The SMILES string of the molecule is CSCCC(N)C(=O)N1CCN(C(=O)C(N)CCSC)C(=O)C1=O. The molecule has 0 aromatic heterocycles. The molecule has 1 aliphatic heterocycles. The second-order valence-electron chi connectivity index (χ2n) is 5.37. The molecule has 4 amide bonds. The molecule has 24 heavy (non-hydrogen) atoms. The Morgan fingerprint density at radius 1 is 0.917 bits per heavy atom. The lowest BCUT2D eigenvalue weighted by Gasteiger charge is -2.33. The van der Waals surface area contributed by atoms with Crippen molar-refractivity contribution in [3.63, 3.8) is 0 Å². The highest BCUT2D eigenvalue weighted by Gasteiger charge is 2.41. The number of nitrogens with zero attached hydrogens (tertiary/aromatic N) is 2. The Labute approximate surface area is 150 Å². The van der Waals surface area contributed by atoms with Crippen LogP contribution in [-0.2, 0) is 19.2 Å². The lowest BCUT2D eigenvalue weighted by molar-refractivity contribution is -0.165. The molecule has 1 heterocycles. The molecule has 1 rings (SSSR count). The van der Waals surface area contributed by atoms with Gasteiger partial charge in [-0.25, -0.2) is 0 Å². The molecule has 0 radical (unpaired) electrons. The summed E-state index contributed by atoms with van der Waals surface area (Å²) in [6, 6.07) is -1.67. The monoisotopic (exact) mass is 376 g/mol. The second-order valence-corrected chi connectivity index (χ2v) is 7.34. The summed E-state index contributed by atoms with van der Waals surface area (Å²) in [5.41, 5.74) is 11.5. The number of thioether (sulfide) groups is 2. The van der Waals surface area contributed by atoms with Crippen LogP contribution in [0, 0.1) is 0 Å². The highest BCUT2D eigenvalue weighted by Crippen LogP contribution is 2.11. The van der Waals surface area contributed by atoms with Crippen molar-refractivity contribution in [1.29, 1.82) is 0 Å². The van der Waals surface area contributed by atoms with Crippen LogP contribution in [0.1, 0.15) is 12.8 Å². The van der Waals surface area contributed by atoms with Crippen LogP contribution in [0.25, 0.3) is 0 Å². The van der Waals surface area contributed by atoms with E-state index in [1.54, 1.807) is 0 Å². The minimum absolute atomic E-state index is 0.0443. The third kappa shape index (κ3) is 5.20. The first-order chi connectivity index (χ1) is 11.3. The van der Waals surface area contributed by atoms with Gasteiger partial charge < -0.3 is 11.5 Å². The average Bonchev–Trinajstić information content (AvgIpc) is 2.58. The quantitative estimate of drug-likeness (QED) is 0.510. The fraction of sp³-hybridized carbons (Fsp3) is 0.714. The van der Waals surface area contributed by atoms with E-state index in [-0.39, 0.29) is 13.1 Å². The van der Waals surface area contributed by atoms with Gasteiger partial charge in [0.05, 0.1) is 12.1 Å². The number of nitrogens with two attached hydrogens (primary N) is 2. The third-order valence-corrected chi connectivity index (χ3v) is 4.94. The lowest BCUT2D eigenvalue weighted by atomic mass is 10.1. The molecule has 0 bridgehead atoms. The summed E-state index contributed by atoms with van der Waals surface area (Å²) < 4.78 is 0. The maximum Gasteiger partial charge on any atom is 0.319 e. The molecule has 1 aliphatic rings. The summed E-state index contributed by atoms with van der Waals surface area (Å²) in [6.07, 6.45) is 4.60. The first-order valence-electron chi connectivity index (χ1n) is 7.55. The molecule has 0 aliphatic carbocycles. The van der Waals surface area contributed by atoms with Gasteiger partial charge >= 0.3 is 11.8 Å². The summed E-state index contributed by atoms with van der Waals surface area (Å²) in [7, 11) is 0. The van der Waals surface area contributed by atoms with E-state index in [2.05, 4.69) is 0 Å². The molecule has 10 heteroatoms. The Bertz CT molecular complexity index is 459. The van der Waals surface area contributed by atoms with E-state index >= 15 is 0 Å². The molecule has 136 valence electrons. The minimum atomic E-state index is -1.02. The zero-order chi connectivity index (χ0) is 18.3. The second kappa shape index (κ2) is 10.0. The van der Waals surface area contributed by atoms with Crippen LogP contribution in [0.15, 0.2) is 0 Å². The van der Waals surface area contributed by atoms with Crippen molar-refractivity contribution in [2.24, 2.45) is 11.5 Å². The van der Waals surface area contributed by atoms with Gasteiger partial charge in [-0.2, -0.15) is 23.5 Å². The van der Waals surface area contributed by atoms with Crippen LogP contribution >= 0.6 is 23.5 Å². The standard InChI is InChI=1S/C14H24N4O4S2/c1-23-7-3-9(15)11(19)17-5-6-18(14(22)13(17)21)12(20)10(16)4-8-24-2/h9-10H,3-8,15-16H2,1-2H3. The van der Waals surface area contributed by atoms with E-state index < -0.39 is 35.7 Å². The first kappa shape index (κ1) is 20.9. The number of amides is 4.